The first kappa shape index (κ1) is 15.4. The van der Waals surface area contributed by atoms with Gasteiger partial charge >= 0.3 is 0 Å². The number of amides is 1. The van der Waals surface area contributed by atoms with Crippen LogP contribution in [0.3, 0.4) is 0 Å². The summed E-state index contributed by atoms with van der Waals surface area (Å²) in [4.78, 5) is 12.1. The van der Waals surface area contributed by atoms with Crippen molar-refractivity contribution in [3.05, 3.63) is 46.1 Å². The highest BCUT2D eigenvalue weighted by atomic mass is 35.5. The molecule has 1 aromatic heterocycles. The minimum Gasteiger partial charge on any atom is -0.308 e. The third-order valence-corrected chi connectivity index (χ3v) is 4.62. The van der Waals surface area contributed by atoms with Crippen LogP contribution in [0, 0.1) is 5.92 Å². The van der Waals surface area contributed by atoms with Crippen molar-refractivity contribution in [3.63, 3.8) is 0 Å². The van der Waals surface area contributed by atoms with Gasteiger partial charge in [-0.15, -0.1) is 0 Å². The van der Waals surface area contributed by atoms with Gasteiger partial charge in [-0.25, -0.2) is 0 Å². The molecule has 1 aliphatic carbocycles. The number of carbonyl (C=O) groups excluding carboxylic acids is 1. The molecule has 4 nitrogen and oxygen atoms in total. The van der Waals surface area contributed by atoms with E-state index in [4.69, 9.17) is 23.2 Å². The summed E-state index contributed by atoms with van der Waals surface area (Å²) < 4.78 is 1.69. The number of nitrogens with zero attached hydrogens (tertiary/aromatic N) is 2. The maximum Gasteiger partial charge on any atom is 0.228 e. The van der Waals surface area contributed by atoms with E-state index < -0.39 is 0 Å². The molecule has 0 unspecified atom stereocenters. The van der Waals surface area contributed by atoms with Gasteiger partial charge in [0.05, 0.1) is 6.54 Å². The Balaban J connectivity index is 1.71. The number of rotatable bonds is 4. The first-order valence-corrected chi connectivity index (χ1v) is 8.16. The van der Waals surface area contributed by atoms with E-state index in [-0.39, 0.29) is 11.8 Å². The van der Waals surface area contributed by atoms with Crippen LogP contribution in [0.1, 0.15) is 31.2 Å². The highest BCUT2D eigenvalue weighted by Crippen LogP contribution is 2.27. The second-order valence-corrected chi connectivity index (χ2v) is 6.40. The molecule has 116 valence electrons. The highest BCUT2D eigenvalue weighted by molar-refractivity contribution is 6.33. The predicted molar refractivity (Wildman–Crippen MR) is 88.4 cm³/mol. The third-order valence-electron chi connectivity index (χ3n) is 3.97. The van der Waals surface area contributed by atoms with Crippen molar-refractivity contribution in [2.75, 3.05) is 5.32 Å². The van der Waals surface area contributed by atoms with Crippen LogP contribution in [0.25, 0.3) is 0 Å². The summed E-state index contributed by atoms with van der Waals surface area (Å²) in [7, 11) is 0. The minimum atomic E-state index is 0.0161. The molecule has 0 saturated heterocycles. The quantitative estimate of drug-likeness (QED) is 0.900. The number of carbonyl (C=O) groups is 1. The third kappa shape index (κ3) is 3.45. The number of benzene rings is 1. The number of aromatic nitrogens is 2. The fourth-order valence-corrected chi connectivity index (χ4v) is 3.16. The Morgan fingerprint density at radius 1 is 1.23 bits per heavy atom. The second kappa shape index (κ2) is 6.71. The summed E-state index contributed by atoms with van der Waals surface area (Å²) in [5.41, 5.74) is 0.956. The van der Waals surface area contributed by atoms with E-state index in [0.717, 1.165) is 31.2 Å². The Labute approximate surface area is 139 Å². The molecule has 0 aliphatic heterocycles. The molecule has 1 aliphatic rings. The topological polar surface area (TPSA) is 46.9 Å². The van der Waals surface area contributed by atoms with Gasteiger partial charge < -0.3 is 5.32 Å². The van der Waals surface area contributed by atoms with Gasteiger partial charge in [0.1, 0.15) is 5.02 Å². The largest absolute Gasteiger partial charge is 0.308 e. The van der Waals surface area contributed by atoms with Crippen LogP contribution in [-0.2, 0) is 11.3 Å². The lowest BCUT2D eigenvalue weighted by Crippen LogP contribution is -2.20. The number of anilines is 1. The molecule has 0 spiro atoms. The Hall–Kier alpha value is -1.52. The van der Waals surface area contributed by atoms with E-state index in [0.29, 0.717) is 22.4 Å². The van der Waals surface area contributed by atoms with Gasteiger partial charge in [0.25, 0.3) is 0 Å². The van der Waals surface area contributed by atoms with Gasteiger partial charge in [0, 0.05) is 17.1 Å². The molecule has 6 heteroatoms. The predicted octanol–water partition coefficient (Wildman–Crippen LogP) is 4.37. The summed E-state index contributed by atoms with van der Waals surface area (Å²) >= 11 is 12.3. The summed E-state index contributed by atoms with van der Waals surface area (Å²) in [6.45, 7) is 0.513. The zero-order valence-electron chi connectivity index (χ0n) is 12.1. The summed E-state index contributed by atoms with van der Waals surface area (Å²) in [5.74, 6) is 0.526. The van der Waals surface area contributed by atoms with Crippen LogP contribution in [-0.4, -0.2) is 15.7 Å². The molecule has 3 rings (SSSR count). The molecular weight excluding hydrogens is 321 g/mol. The maximum absolute atomic E-state index is 12.1. The van der Waals surface area contributed by atoms with E-state index in [1.54, 1.807) is 10.9 Å². The fraction of sp³-hybridized carbons (Fsp3) is 0.375. The van der Waals surface area contributed by atoms with E-state index in [1.807, 2.05) is 24.3 Å². The first-order chi connectivity index (χ1) is 10.6. The molecule has 0 atom stereocenters. The molecule has 1 amide bonds. The van der Waals surface area contributed by atoms with Crippen LogP contribution >= 0.6 is 23.2 Å². The highest BCUT2D eigenvalue weighted by Gasteiger charge is 2.24. The Bertz CT molecular complexity index is 678. The van der Waals surface area contributed by atoms with E-state index in [1.165, 1.54) is 0 Å². The molecule has 1 N–H and O–H groups in total. The minimum absolute atomic E-state index is 0.0161. The number of hydrogen-bond donors (Lipinski definition) is 1. The van der Waals surface area contributed by atoms with Gasteiger partial charge in [-0.2, -0.15) is 5.10 Å². The zero-order chi connectivity index (χ0) is 15.5. The van der Waals surface area contributed by atoms with Crippen molar-refractivity contribution in [1.29, 1.82) is 0 Å². The second-order valence-electron chi connectivity index (χ2n) is 5.59. The van der Waals surface area contributed by atoms with Gasteiger partial charge in [-0.05, 0) is 24.5 Å². The van der Waals surface area contributed by atoms with E-state index >= 15 is 0 Å². The Morgan fingerprint density at radius 2 is 1.95 bits per heavy atom. The summed E-state index contributed by atoms with van der Waals surface area (Å²) in [6, 6.07) is 7.59. The monoisotopic (exact) mass is 337 g/mol. The van der Waals surface area contributed by atoms with Crippen molar-refractivity contribution >= 4 is 34.9 Å². The number of hydrogen-bond acceptors (Lipinski definition) is 2. The lowest BCUT2D eigenvalue weighted by molar-refractivity contribution is -0.119. The fourth-order valence-electron chi connectivity index (χ4n) is 2.77. The zero-order valence-corrected chi connectivity index (χ0v) is 13.6. The van der Waals surface area contributed by atoms with Crippen molar-refractivity contribution in [3.8, 4) is 0 Å². The molecule has 0 bridgehead atoms. The van der Waals surface area contributed by atoms with Gasteiger partial charge in [-0.1, -0.05) is 54.2 Å². The number of nitrogens with one attached hydrogen (secondary N) is 1. The maximum atomic E-state index is 12.1. The molecule has 1 saturated carbocycles. The lowest BCUT2D eigenvalue weighted by atomic mass is 10.1. The molecule has 1 heterocycles. The van der Waals surface area contributed by atoms with E-state index in [9.17, 15) is 4.79 Å². The van der Waals surface area contributed by atoms with Crippen molar-refractivity contribution in [1.82, 2.24) is 9.78 Å². The number of halogens is 2. The molecule has 0 radical (unpaired) electrons. The lowest BCUT2D eigenvalue weighted by Gasteiger charge is -2.08. The molecule has 2 aromatic rings. The summed E-state index contributed by atoms with van der Waals surface area (Å²) in [5, 5.41) is 8.32. The molecule has 1 aromatic carbocycles. The molecular formula is C16H17Cl2N3O. The van der Waals surface area contributed by atoms with Crippen molar-refractivity contribution < 1.29 is 4.79 Å². The molecule has 1 fully saturated rings. The first-order valence-electron chi connectivity index (χ1n) is 7.40. The van der Waals surface area contributed by atoms with E-state index in [2.05, 4.69) is 10.4 Å². The summed E-state index contributed by atoms with van der Waals surface area (Å²) in [6.07, 6.45) is 5.84. The SMILES string of the molecule is O=C(Nc1nn(Cc2ccccc2Cl)cc1Cl)C1CCCC1. The van der Waals surface area contributed by atoms with Crippen LogP contribution in [0.4, 0.5) is 5.82 Å². The Morgan fingerprint density at radius 3 is 2.68 bits per heavy atom. The standard InChI is InChI=1S/C16H17Cl2N3O/c17-13-8-4-3-7-12(13)9-21-10-14(18)15(20-21)19-16(22)11-5-1-2-6-11/h3-4,7-8,10-11H,1-2,5-6,9H2,(H,19,20,22). The van der Waals surface area contributed by atoms with Crippen LogP contribution in [0.15, 0.2) is 30.5 Å². The van der Waals surface area contributed by atoms with Crippen molar-refractivity contribution in [2.24, 2.45) is 5.92 Å². The van der Waals surface area contributed by atoms with Gasteiger partial charge in [-0.3, -0.25) is 9.48 Å². The molecule has 22 heavy (non-hydrogen) atoms. The average molecular weight is 338 g/mol. The van der Waals surface area contributed by atoms with Gasteiger partial charge in [0.2, 0.25) is 5.91 Å². The van der Waals surface area contributed by atoms with Crippen LogP contribution < -0.4 is 5.32 Å². The van der Waals surface area contributed by atoms with Crippen LogP contribution in [0.5, 0.6) is 0 Å². The average Bonchev–Trinajstić information content (AvgIpc) is 3.12. The smallest absolute Gasteiger partial charge is 0.228 e. The van der Waals surface area contributed by atoms with Crippen molar-refractivity contribution in [2.45, 2.75) is 32.2 Å². The van der Waals surface area contributed by atoms with Crippen LogP contribution in [0.2, 0.25) is 10.0 Å². The normalized spacial score (nSPS) is 15.2. The van der Waals surface area contributed by atoms with Gasteiger partial charge in [0.15, 0.2) is 5.82 Å². The Kier molecular flexibility index (Phi) is 4.69.